The molecule has 1 aliphatic rings. The molecule has 1 heterocycles. The first-order chi connectivity index (χ1) is 11.7. The van der Waals surface area contributed by atoms with Crippen LogP contribution in [0.2, 0.25) is 0 Å². The molecule has 3 N–H and O–H groups in total. The Balaban J connectivity index is 2.07. The van der Waals surface area contributed by atoms with Gasteiger partial charge in [-0.15, -0.1) is 0 Å². The van der Waals surface area contributed by atoms with Crippen LogP contribution in [-0.4, -0.2) is 62.7 Å². The summed E-state index contributed by atoms with van der Waals surface area (Å²) in [4.78, 5) is 25.6. The summed E-state index contributed by atoms with van der Waals surface area (Å²) < 4.78 is 25.4. The maximum Gasteiger partial charge on any atom is 0.242 e. The summed E-state index contributed by atoms with van der Waals surface area (Å²) in [7, 11) is -0.681. The molecule has 138 valence electrons. The molecule has 0 radical (unpaired) electrons. The van der Waals surface area contributed by atoms with Gasteiger partial charge in [-0.05, 0) is 37.6 Å². The van der Waals surface area contributed by atoms with E-state index in [-0.39, 0.29) is 17.3 Å². The summed E-state index contributed by atoms with van der Waals surface area (Å²) in [6.07, 6.45) is 2.48. The van der Waals surface area contributed by atoms with Gasteiger partial charge < -0.3 is 11.1 Å². The smallest absolute Gasteiger partial charge is 0.242 e. The lowest BCUT2D eigenvalue weighted by Gasteiger charge is -2.32. The largest absolute Gasteiger partial charge is 0.368 e. The summed E-state index contributed by atoms with van der Waals surface area (Å²) in [6, 6.07) is 5.64. The van der Waals surface area contributed by atoms with Gasteiger partial charge in [0.25, 0.3) is 0 Å². The molecule has 0 aliphatic carbocycles. The van der Waals surface area contributed by atoms with Crippen molar-refractivity contribution >= 4 is 27.5 Å². The van der Waals surface area contributed by atoms with Crippen LogP contribution < -0.4 is 11.1 Å². The minimum Gasteiger partial charge on any atom is -0.368 e. The maximum atomic E-state index is 12.3. The number of likely N-dealkylation sites (tertiary alicyclic amines) is 1. The Morgan fingerprint density at radius 1 is 1.32 bits per heavy atom. The van der Waals surface area contributed by atoms with Crippen molar-refractivity contribution in [3.8, 4) is 0 Å². The number of nitrogens with two attached hydrogens (primary N) is 1. The van der Waals surface area contributed by atoms with Crippen molar-refractivity contribution in [2.75, 3.05) is 32.5 Å². The number of nitrogens with one attached hydrogen (secondary N) is 1. The number of anilines is 1. The molecule has 1 fully saturated rings. The fourth-order valence-electron chi connectivity index (χ4n) is 2.83. The van der Waals surface area contributed by atoms with E-state index in [1.165, 1.54) is 26.2 Å². The van der Waals surface area contributed by atoms with E-state index in [1.54, 1.807) is 17.0 Å². The third kappa shape index (κ3) is 4.77. The van der Waals surface area contributed by atoms with E-state index in [4.69, 9.17) is 5.73 Å². The molecule has 0 unspecified atom stereocenters. The van der Waals surface area contributed by atoms with E-state index in [9.17, 15) is 18.0 Å². The number of piperidine rings is 1. The highest BCUT2D eigenvalue weighted by molar-refractivity contribution is 7.89. The third-order valence-electron chi connectivity index (χ3n) is 4.19. The van der Waals surface area contributed by atoms with Crippen molar-refractivity contribution in [1.82, 2.24) is 9.21 Å². The summed E-state index contributed by atoms with van der Waals surface area (Å²) >= 11 is 0. The lowest BCUT2D eigenvalue weighted by molar-refractivity contribution is -0.126. The Labute approximate surface area is 148 Å². The van der Waals surface area contributed by atoms with E-state index in [0.717, 1.165) is 17.1 Å². The number of benzene rings is 1. The molecule has 1 aromatic rings. The van der Waals surface area contributed by atoms with Crippen molar-refractivity contribution < 1.29 is 18.0 Å². The second-order valence-electron chi connectivity index (χ2n) is 6.25. The quantitative estimate of drug-likeness (QED) is 0.745. The van der Waals surface area contributed by atoms with Gasteiger partial charge in [-0.1, -0.05) is 12.5 Å². The van der Waals surface area contributed by atoms with Crippen LogP contribution in [0.15, 0.2) is 29.2 Å². The first-order valence-electron chi connectivity index (χ1n) is 8.07. The van der Waals surface area contributed by atoms with E-state index in [2.05, 4.69) is 5.32 Å². The topological polar surface area (TPSA) is 113 Å². The molecule has 1 aliphatic heterocycles. The lowest BCUT2D eigenvalue weighted by Crippen LogP contribution is -2.50. The van der Waals surface area contributed by atoms with Crippen LogP contribution in [0.3, 0.4) is 0 Å². The minimum atomic E-state index is -3.57. The van der Waals surface area contributed by atoms with Gasteiger partial charge in [0.15, 0.2) is 0 Å². The summed E-state index contributed by atoms with van der Waals surface area (Å²) in [5, 5.41) is 2.68. The average Bonchev–Trinajstić information content (AvgIpc) is 2.55. The zero-order valence-electron chi connectivity index (χ0n) is 14.4. The summed E-state index contributed by atoms with van der Waals surface area (Å²) in [6.45, 7) is 0.675. The Morgan fingerprint density at radius 3 is 2.68 bits per heavy atom. The number of primary amides is 1. The molecule has 0 aromatic heterocycles. The minimum absolute atomic E-state index is 0.0399. The number of nitrogens with zero attached hydrogens (tertiary/aromatic N) is 2. The molecule has 1 saturated heterocycles. The van der Waals surface area contributed by atoms with Gasteiger partial charge in [-0.25, -0.2) is 12.7 Å². The van der Waals surface area contributed by atoms with Crippen LogP contribution in [0.4, 0.5) is 5.69 Å². The summed E-state index contributed by atoms with van der Waals surface area (Å²) in [5.74, 6) is -0.737. The second kappa shape index (κ2) is 7.94. The van der Waals surface area contributed by atoms with Gasteiger partial charge >= 0.3 is 0 Å². The monoisotopic (exact) mass is 368 g/mol. The zero-order valence-corrected chi connectivity index (χ0v) is 15.3. The van der Waals surface area contributed by atoms with Crippen molar-refractivity contribution in [1.29, 1.82) is 0 Å². The van der Waals surface area contributed by atoms with Crippen LogP contribution in [0.25, 0.3) is 0 Å². The Morgan fingerprint density at radius 2 is 2.04 bits per heavy atom. The lowest BCUT2D eigenvalue weighted by atomic mass is 10.0. The molecule has 1 aromatic carbocycles. The van der Waals surface area contributed by atoms with E-state index >= 15 is 0 Å². The van der Waals surface area contributed by atoms with Gasteiger partial charge in [0, 0.05) is 19.8 Å². The van der Waals surface area contributed by atoms with Crippen LogP contribution in [0, 0.1) is 0 Å². The number of hydrogen-bond acceptors (Lipinski definition) is 5. The van der Waals surface area contributed by atoms with Gasteiger partial charge in [0.2, 0.25) is 21.8 Å². The molecule has 9 heteroatoms. The van der Waals surface area contributed by atoms with Crippen molar-refractivity contribution in [2.24, 2.45) is 5.73 Å². The number of amides is 2. The number of rotatable bonds is 6. The predicted octanol–water partition coefficient (Wildman–Crippen LogP) is 0.215. The van der Waals surface area contributed by atoms with Crippen molar-refractivity contribution in [3.05, 3.63) is 24.3 Å². The molecule has 2 amide bonds. The highest BCUT2D eigenvalue weighted by atomic mass is 32.2. The Bertz CT molecular complexity index is 748. The Kier molecular flexibility index (Phi) is 6.15. The molecular formula is C16H24N4O4S. The van der Waals surface area contributed by atoms with Gasteiger partial charge in [0.05, 0.1) is 17.5 Å². The van der Waals surface area contributed by atoms with Gasteiger partial charge in [-0.3, -0.25) is 14.5 Å². The second-order valence-corrected chi connectivity index (χ2v) is 8.40. The average molecular weight is 368 g/mol. The Hall–Kier alpha value is -1.97. The van der Waals surface area contributed by atoms with E-state index < -0.39 is 22.0 Å². The zero-order chi connectivity index (χ0) is 18.6. The molecule has 2 rings (SSSR count). The number of carbonyl (C=O) groups is 2. The fraction of sp³-hybridized carbons (Fsp3) is 0.500. The fourth-order valence-corrected chi connectivity index (χ4v) is 3.78. The first-order valence-corrected chi connectivity index (χ1v) is 9.51. The van der Waals surface area contributed by atoms with Crippen molar-refractivity contribution in [3.63, 3.8) is 0 Å². The van der Waals surface area contributed by atoms with Crippen LogP contribution in [0.1, 0.15) is 19.3 Å². The van der Waals surface area contributed by atoms with Gasteiger partial charge in [0.1, 0.15) is 0 Å². The summed E-state index contributed by atoms with van der Waals surface area (Å²) in [5.41, 5.74) is 5.79. The maximum absolute atomic E-state index is 12.3. The van der Waals surface area contributed by atoms with Crippen LogP contribution in [-0.2, 0) is 19.6 Å². The predicted molar refractivity (Wildman–Crippen MR) is 94.4 cm³/mol. The molecule has 8 nitrogen and oxygen atoms in total. The van der Waals surface area contributed by atoms with Crippen LogP contribution >= 0.6 is 0 Å². The molecule has 0 bridgehead atoms. The first kappa shape index (κ1) is 19.4. The molecule has 1 atom stereocenters. The SMILES string of the molecule is CN(C)S(=O)(=O)c1cccc(NC(=O)CN2CCCC[C@H]2C(N)=O)c1. The highest BCUT2D eigenvalue weighted by Gasteiger charge is 2.28. The van der Waals surface area contributed by atoms with Crippen molar-refractivity contribution in [2.45, 2.75) is 30.2 Å². The molecule has 0 saturated carbocycles. The molecular weight excluding hydrogens is 344 g/mol. The van der Waals surface area contributed by atoms with E-state index in [0.29, 0.717) is 18.7 Å². The molecule has 0 spiro atoms. The molecule has 25 heavy (non-hydrogen) atoms. The van der Waals surface area contributed by atoms with E-state index in [1.807, 2.05) is 0 Å². The third-order valence-corrected chi connectivity index (χ3v) is 6.00. The standard InChI is InChI=1S/C16H24N4O4S/c1-19(2)25(23,24)13-7-5-6-12(10-13)18-15(21)11-20-9-4-3-8-14(20)16(17)22/h5-7,10,14H,3-4,8-9,11H2,1-2H3,(H2,17,22)(H,18,21)/t14-/m0/s1. The number of hydrogen-bond donors (Lipinski definition) is 2. The van der Waals surface area contributed by atoms with Gasteiger partial charge in [-0.2, -0.15) is 0 Å². The van der Waals surface area contributed by atoms with Crippen LogP contribution in [0.5, 0.6) is 0 Å². The normalized spacial score (nSPS) is 18.9. The highest BCUT2D eigenvalue weighted by Crippen LogP contribution is 2.19. The number of carbonyl (C=O) groups excluding carboxylic acids is 2. The number of sulfonamides is 1.